The fourth-order valence-electron chi connectivity index (χ4n) is 2.77. The number of hydrogen-bond donors (Lipinski definition) is 1. The Kier molecular flexibility index (Phi) is 1.80. The highest BCUT2D eigenvalue weighted by Gasteiger charge is 2.26. The Bertz CT molecular complexity index is 822. The molecule has 0 aromatic carbocycles. The normalized spacial score (nSPS) is 13.5. The zero-order valence-electron chi connectivity index (χ0n) is 10.3. The number of carboxylic acid groups (broad SMARTS) is 1. The molecule has 1 N–H and O–H groups in total. The highest BCUT2D eigenvalue weighted by molar-refractivity contribution is 5.87. The quantitative estimate of drug-likeness (QED) is 0.720. The van der Waals surface area contributed by atoms with E-state index in [2.05, 4.69) is 4.98 Å². The maximum absolute atomic E-state index is 11.1. The van der Waals surface area contributed by atoms with Crippen molar-refractivity contribution in [3.63, 3.8) is 0 Å². The average molecular weight is 257 g/mol. The minimum atomic E-state index is -0.943. The first-order valence-electron chi connectivity index (χ1n) is 6.03. The van der Waals surface area contributed by atoms with E-state index in [4.69, 9.17) is 9.52 Å². The number of aromatic carboxylic acids is 1. The summed E-state index contributed by atoms with van der Waals surface area (Å²) in [5.74, 6) is 0.660. The van der Waals surface area contributed by atoms with Crippen LogP contribution in [-0.2, 0) is 19.9 Å². The molecule has 0 saturated carbocycles. The van der Waals surface area contributed by atoms with Crippen molar-refractivity contribution < 1.29 is 14.3 Å². The molecule has 6 heteroatoms. The van der Waals surface area contributed by atoms with Crippen molar-refractivity contribution in [2.75, 3.05) is 0 Å². The molecule has 0 atom stereocenters. The second kappa shape index (κ2) is 3.28. The van der Waals surface area contributed by atoms with Crippen molar-refractivity contribution in [2.45, 2.75) is 12.8 Å². The van der Waals surface area contributed by atoms with E-state index in [1.54, 1.807) is 24.1 Å². The van der Waals surface area contributed by atoms with Crippen LogP contribution in [-0.4, -0.2) is 25.0 Å². The standard InChI is InChI=1S/C13H11N3O3/c1-15-9(12(17)18)6-16-8-2-3-10-7(4-5-19-10)11(8)14-13(15)16/h4-6H,2-3H2,1H3,(H,17,18). The molecule has 0 bridgehead atoms. The van der Waals surface area contributed by atoms with E-state index in [9.17, 15) is 4.79 Å². The molecule has 19 heavy (non-hydrogen) atoms. The van der Waals surface area contributed by atoms with Gasteiger partial charge in [0.05, 0.1) is 17.7 Å². The Morgan fingerprint density at radius 1 is 1.47 bits per heavy atom. The molecule has 3 aromatic rings. The van der Waals surface area contributed by atoms with Crippen LogP contribution in [0.25, 0.3) is 17.0 Å². The third-order valence-corrected chi connectivity index (χ3v) is 3.71. The molecule has 0 saturated heterocycles. The molecule has 0 radical (unpaired) electrons. The van der Waals surface area contributed by atoms with Gasteiger partial charge in [0.1, 0.15) is 11.5 Å². The minimum Gasteiger partial charge on any atom is -0.477 e. The zero-order chi connectivity index (χ0) is 13.1. The monoisotopic (exact) mass is 257 g/mol. The van der Waals surface area contributed by atoms with E-state index in [0.29, 0.717) is 5.78 Å². The first kappa shape index (κ1) is 10.4. The summed E-state index contributed by atoms with van der Waals surface area (Å²) in [7, 11) is 1.72. The third kappa shape index (κ3) is 1.20. The summed E-state index contributed by atoms with van der Waals surface area (Å²) in [5.41, 5.74) is 3.20. The van der Waals surface area contributed by atoms with Gasteiger partial charge in [0.2, 0.25) is 5.78 Å². The summed E-state index contributed by atoms with van der Waals surface area (Å²) in [6.07, 6.45) is 4.93. The van der Waals surface area contributed by atoms with Gasteiger partial charge in [-0.25, -0.2) is 9.78 Å². The van der Waals surface area contributed by atoms with E-state index in [-0.39, 0.29) is 5.69 Å². The lowest BCUT2D eigenvalue weighted by Gasteiger charge is -2.09. The lowest BCUT2D eigenvalue weighted by atomic mass is 9.99. The number of fused-ring (bicyclic) bond motifs is 5. The van der Waals surface area contributed by atoms with Gasteiger partial charge in [-0.3, -0.25) is 4.40 Å². The van der Waals surface area contributed by atoms with Gasteiger partial charge in [0.25, 0.3) is 0 Å². The predicted octanol–water partition coefficient (Wildman–Crippen LogP) is 1.73. The number of furan rings is 1. The Labute approximate surface area is 107 Å². The van der Waals surface area contributed by atoms with Crippen molar-refractivity contribution in [3.05, 3.63) is 35.7 Å². The number of carboxylic acids is 1. The van der Waals surface area contributed by atoms with Crippen LogP contribution < -0.4 is 0 Å². The summed E-state index contributed by atoms with van der Waals surface area (Å²) in [6, 6.07) is 1.91. The largest absolute Gasteiger partial charge is 0.477 e. The number of carbonyl (C=O) groups is 1. The van der Waals surface area contributed by atoms with Gasteiger partial charge in [-0.05, 0) is 12.5 Å². The van der Waals surface area contributed by atoms with Gasteiger partial charge in [0.15, 0.2) is 0 Å². The number of aryl methyl sites for hydroxylation is 3. The van der Waals surface area contributed by atoms with Crippen molar-refractivity contribution in [1.29, 1.82) is 0 Å². The number of aromatic nitrogens is 3. The van der Waals surface area contributed by atoms with E-state index in [1.807, 2.05) is 10.5 Å². The van der Waals surface area contributed by atoms with Crippen molar-refractivity contribution in [3.8, 4) is 11.3 Å². The Hall–Kier alpha value is -2.50. The SMILES string of the molecule is Cn1c(C(=O)O)cn2c3c(nc12)-c1ccoc1CC3. The molecule has 3 aromatic heterocycles. The maximum atomic E-state index is 11.1. The molecule has 6 nitrogen and oxygen atoms in total. The minimum absolute atomic E-state index is 0.239. The molecule has 0 amide bonds. The molecular weight excluding hydrogens is 246 g/mol. The van der Waals surface area contributed by atoms with E-state index in [1.165, 1.54) is 0 Å². The summed E-state index contributed by atoms with van der Waals surface area (Å²) >= 11 is 0. The van der Waals surface area contributed by atoms with Crippen molar-refractivity contribution >= 4 is 11.7 Å². The topological polar surface area (TPSA) is 72.7 Å². The van der Waals surface area contributed by atoms with Crippen LogP contribution >= 0.6 is 0 Å². The highest BCUT2D eigenvalue weighted by Crippen LogP contribution is 2.34. The number of rotatable bonds is 1. The van der Waals surface area contributed by atoms with Crippen LogP contribution in [0.2, 0.25) is 0 Å². The van der Waals surface area contributed by atoms with Crippen LogP contribution in [0.3, 0.4) is 0 Å². The second-order valence-electron chi connectivity index (χ2n) is 4.71. The van der Waals surface area contributed by atoms with Gasteiger partial charge in [-0.15, -0.1) is 0 Å². The third-order valence-electron chi connectivity index (χ3n) is 3.71. The maximum Gasteiger partial charge on any atom is 0.354 e. The van der Waals surface area contributed by atoms with Crippen LogP contribution in [0.15, 0.2) is 22.9 Å². The van der Waals surface area contributed by atoms with Gasteiger partial charge < -0.3 is 14.1 Å². The second-order valence-corrected chi connectivity index (χ2v) is 4.71. The molecular formula is C13H11N3O3. The molecule has 0 unspecified atom stereocenters. The Morgan fingerprint density at radius 2 is 2.32 bits per heavy atom. The van der Waals surface area contributed by atoms with Gasteiger partial charge in [-0.2, -0.15) is 0 Å². The molecule has 96 valence electrons. The molecule has 0 aliphatic heterocycles. The Balaban J connectivity index is 2.05. The van der Waals surface area contributed by atoms with E-state index in [0.717, 1.165) is 35.6 Å². The van der Waals surface area contributed by atoms with Gasteiger partial charge in [-0.1, -0.05) is 0 Å². The number of nitrogens with zero attached hydrogens (tertiary/aromatic N) is 3. The predicted molar refractivity (Wildman–Crippen MR) is 66.2 cm³/mol. The van der Waals surface area contributed by atoms with Crippen molar-refractivity contribution in [2.24, 2.45) is 7.05 Å². The zero-order valence-corrected chi connectivity index (χ0v) is 10.3. The van der Waals surface area contributed by atoms with Crippen LogP contribution in [0, 0.1) is 0 Å². The van der Waals surface area contributed by atoms with Crippen LogP contribution in [0.5, 0.6) is 0 Å². The molecule has 1 aliphatic carbocycles. The van der Waals surface area contributed by atoms with Crippen molar-refractivity contribution in [1.82, 2.24) is 14.0 Å². The summed E-state index contributed by atoms with van der Waals surface area (Å²) in [5, 5.41) is 9.14. The molecule has 0 fully saturated rings. The summed E-state index contributed by atoms with van der Waals surface area (Å²) in [6.45, 7) is 0. The summed E-state index contributed by atoms with van der Waals surface area (Å²) < 4.78 is 8.89. The average Bonchev–Trinajstić information content (AvgIpc) is 3.03. The smallest absolute Gasteiger partial charge is 0.354 e. The fraction of sp³-hybridized carbons (Fsp3) is 0.231. The lowest BCUT2D eigenvalue weighted by molar-refractivity contribution is 0.0686. The van der Waals surface area contributed by atoms with Crippen LogP contribution in [0.1, 0.15) is 21.9 Å². The number of imidazole rings is 2. The highest BCUT2D eigenvalue weighted by atomic mass is 16.4. The summed E-state index contributed by atoms with van der Waals surface area (Å²) in [4.78, 5) is 15.7. The number of hydrogen-bond acceptors (Lipinski definition) is 3. The van der Waals surface area contributed by atoms with Gasteiger partial charge in [0, 0.05) is 25.2 Å². The first-order chi connectivity index (χ1) is 9.16. The molecule has 3 heterocycles. The lowest BCUT2D eigenvalue weighted by Crippen LogP contribution is -2.05. The molecule has 1 aliphatic rings. The van der Waals surface area contributed by atoms with E-state index >= 15 is 0 Å². The molecule has 0 spiro atoms. The first-order valence-corrected chi connectivity index (χ1v) is 6.03. The fourth-order valence-corrected chi connectivity index (χ4v) is 2.77. The van der Waals surface area contributed by atoms with Crippen LogP contribution in [0.4, 0.5) is 0 Å². The Morgan fingerprint density at radius 3 is 3.11 bits per heavy atom. The van der Waals surface area contributed by atoms with E-state index < -0.39 is 5.97 Å². The van der Waals surface area contributed by atoms with Gasteiger partial charge >= 0.3 is 5.97 Å². The molecule has 4 rings (SSSR count).